The van der Waals surface area contributed by atoms with E-state index in [1.165, 1.54) is 0 Å². The standard InChI is InChI=1S/9O.2V.2Zr/q9*-2;;;2*+4. The zero-order valence-corrected chi connectivity index (χ0v) is 13.3. The molecular formula is O9V2Zr2-10. The van der Waals surface area contributed by atoms with Gasteiger partial charge in [0.1, 0.15) is 0 Å². The third-order valence-electron chi connectivity index (χ3n) is 0. The van der Waals surface area contributed by atoms with Crippen LogP contribution in [-0.4, -0.2) is 0 Å². The van der Waals surface area contributed by atoms with E-state index in [4.69, 9.17) is 0 Å². The summed E-state index contributed by atoms with van der Waals surface area (Å²) in [5.74, 6) is 0. The molecule has 0 saturated heterocycles. The molecule has 0 aliphatic rings. The van der Waals surface area contributed by atoms with Crippen molar-refractivity contribution in [1.82, 2.24) is 0 Å². The van der Waals surface area contributed by atoms with E-state index in [1.54, 1.807) is 0 Å². The van der Waals surface area contributed by atoms with Crippen LogP contribution in [0.3, 0.4) is 0 Å². The van der Waals surface area contributed by atoms with Gasteiger partial charge in [0.2, 0.25) is 0 Å². The van der Waals surface area contributed by atoms with Crippen LogP contribution in [0.4, 0.5) is 0 Å². The Morgan fingerprint density at radius 3 is 0.231 bits per heavy atom. The Balaban J connectivity index is 0. The van der Waals surface area contributed by atoms with E-state index in [9.17, 15) is 0 Å². The smallest absolute Gasteiger partial charge is 2.00 e. The molecule has 0 heterocycles. The first-order chi connectivity index (χ1) is 0. The van der Waals surface area contributed by atoms with Gasteiger partial charge in [-0.1, -0.05) is 0 Å². The van der Waals surface area contributed by atoms with E-state index in [0.29, 0.717) is 0 Å². The summed E-state index contributed by atoms with van der Waals surface area (Å²) in [7, 11) is 0. The Hall–Kier alpha value is 2.58. The third-order valence-corrected chi connectivity index (χ3v) is 0. The predicted octanol–water partition coefficient (Wildman–Crippen LogP) is -1.08. The largest absolute Gasteiger partial charge is 4.00 e. The van der Waals surface area contributed by atoms with E-state index in [-0.39, 0.29) is 139 Å². The third kappa shape index (κ3) is 348. The van der Waals surface area contributed by atoms with Crippen molar-refractivity contribution in [2.75, 3.05) is 0 Å². The molecule has 13 heteroatoms. The van der Waals surface area contributed by atoms with Gasteiger partial charge in [-0.3, -0.25) is 0 Å². The molecule has 0 aromatic rings. The fourth-order valence-corrected chi connectivity index (χ4v) is 0. The van der Waals surface area contributed by atoms with Crippen LogP contribution in [0.2, 0.25) is 0 Å². The molecule has 0 bridgehead atoms. The van der Waals surface area contributed by atoms with Gasteiger partial charge < -0.3 is 49.3 Å². The van der Waals surface area contributed by atoms with Gasteiger partial charge in [0, 0.05) is 37.1 Å². The van der Waals surface area contributed by atoms with Gasteiger partial charge in [0.15, 0.2) is 0 Å². The van der Waals surface area contributed by atoms with E-state index in [0.717, 1.165) is 0 Å². The Kier molecular flexibility index (Phi) is 15500. The van der Waals surface area contributed by atoms with Crippen LogP contribution >= 0.6 is 0 Å². The minimum atomic E-state index is 0. The molecule has 0 unspecified atom stereocenters. The van der Waals surface area contributed by atoms with Crippen molar-refractivity contribution in [1.29, 1.82) is 0 Å². The zero-order chi connectivity index (χ0) is 0. The normalized spacial score (nSPS) is 0. The van der Waals surface area contributed by atoms with Crippen LogP contribution in [0.15, 0.2) is 0 Å². The number of rotatable bonds is 0. The maximum Gasteiger partial charge on any atom is 4.00 e. The van der Waals surface area contributed by atoms with Crippen molar-refractivity contribution >= 4 is 0 Å². The summed E-state index contributed by atoms with van der Waals surface area (Å²) in [6.45, 7) is 0. The summed E-state index contributed by atoms with van der Waals surface area (Å²) in [6, 6.07) is 0. The second-order valence-electron chi connectivity index (χ2n) is 0. The van der Waals surface area contributed by atoms with E-state index in [1.807, 2.05) is 0 Å². The first-order valence-corrected chi connectivity index (χ1v) is 0. The average molecular weight is 428 g/mol. The molecule has 0 rings (SSSR count). The van der Waals surface area contributed by atoms with Crippen LogP contribution in [0, 0.1) is 0 Å². The van der Waals surface area contributed by atoms with Crippen LogP contribution in [0.25, 0.3) is 0 Å². The summed E-state index contributed by atoms with van der Waals surface area (Å²) in [5.41, 5.74) is 0. The summed E-state index contributed by atoms with van der Waals surface area (Å²) in [5, 5.41) is 0. The molecule has 0 saturated carbocycles. The van der Waals surface area contributed by atoms with Crippen molar-refractivity contribution in [3.63, 3.8) is 0 Å². The molecule has 0 spiro atoms. The molecule has 0 aliphatic heterocycles. The monoisotopic (exact) mass is 426 g/mol. The average Bonchev–Trinajstić information content (AvgIpc) is 0. The molecule has 0 aromatic heterocycles. The Bertz CT molecular complexity index is 15.6. The van der Waals surface area contributed by atoms with Crippen LogP contribution in [-0.2, 0) is 139 Å². The van der Waals surface area contributed by atoms with Crippen LogP contribution in [0.1, 0.15) is 0 Å². The predicted molar refractivity (Wildman–Crippen MR) is 6.18 cm³/mol. The summed E-state index contributed by atoms with van der Waals surface area (Å²) >= 11 is 0. The Labute approximate surface area is 137 Å². The van der Waals surface area contributed by atoms with Gasteiger partial charge >= 0.3 is 52.4 Å². The second kappa shape index (κ2) is 405. The first-order valence-electron chi connectivity index (χ1n) is 0. The molecule has 82 valence electrons. The SMILES string of the molecule is [O-2].[O-2].[O-2].[O-2].[O-2].[O-2].[O-2].[O-2].[O-2].[V].[V].[Zr+4].[Zr+4]. The molecular weight excluding hydrogens is 428 g/mol. The maximum atomic E-state index is 0. The van der Waals surface area contributed by atoms with E-state index >= 15 is 0 Å². The fraction of sp³-hybridized carbons (Fsp3) is 0. The van der Waals surface area contributed by atoms with Crippen molar-refractivity contribution in [3.8, 4) is 0 Å². The molecule has 0 atom stereocenters. The maximum absolute atomic E-state index is 0. The number of hydrogen-bond acceptors (Lipinski definition) is 0. The van der Waals surface area contributed by atoms with Crippen LogP contribution in [0.5, 0.6) is 0 Å². The molecule has 0 N–H and O–H groups in total. The number of hydrogen-bond donors (Lipinski definition) is 0. The van der Waals surface area contributed by atoms with E-state index < -0.39 is 0 Å². The minimum absolute atomic E-state index is 0. The molecule has 0 aromatic carbocycles. The summed E-state index contributed by atoms with van der Waals surface area (Å²) in [6.07, 6.45) is 0. The molecule has 0 fully saturated rings. The van der Waals surface area contributed by atoms with Crippen molar-refractivity contribution in [3.05, 3.63) is 0 Å². The molecule has 0 amide bonds. The van der Waals surface area contributed by atoms with Crippen LogP contribution < -0.4 is 0 Å². The second-order valence-corrected chi connectivity index (χ2v) is 0. The zero-order valence-electron chi connectivity index (χ0n) is 5.57. The van der Waals surface area contributed by atoms with Gasteiger partial charge in [-0.25, -0.2) is 0 Å². The molecule has 2 radical (unpaired) electrons. The van der Waals surface area contributed by atoms with Crippen molar-refractivity contribution < 1.29 is 139 Å². The molecule has 9 nitrogen and oxygen atoms in total. The quantitative estimate of drug-likeness (QED) is 0.446. The van der Waals surface area contributed by atoms with Gasteiger partial charge in [0.05, 0.1) is 0 Å². The molecule has 13 heavy (non-hydrogen) atoms. The van der Waals surface area contributed by atoms with Gasteiger partial charge in [-0.05, 0) is 0 Å². The van der Waals surface area contributed by atoms with Gasteiger partial charge in [-0.2, -0.15) is 0 Å². The topological polar surface area (TPSA) is 256 Å². The first kappa shape index (κ1) is 499. The summed E-state index contributed by atoms with van der Waals surface area (Å²) < 4.78 is 0. The van der Waals surface area contributed by atoms with Gasteiger partial charge in [0.25, 0.3) is 0 Å². The Morgan fingerprint density at radius 1 is 0.231 bits per heavy atom. The fourth-order valence-electron chi connectivity index (χ4n) is 0. The van der Waals surface area contributed by atoms with E-state index in [2.05, 4.69) is 0 Å². The van der Waals surface area contributed by atoms with Crippen molar-refractivity contribution in [2.24, 2.45) is 0 Å². The van der Waals surface area contributed by atoms with Gasteiger partial charge in [-0.15, -0.1) is 0 Å². The summed E-state index contributed by atoms with van der Waals surface area (Å²) in [4.78, 5) is 0. The Morgan fingerprint density at radius 2 is 0.231 bits per heavy atom. The minimum Gasteiger partial charge on any atom is -2.00 e. The van der Waals surface area contributed by atoms with Crippen molar-refractivity contribution in [2.45, 2.75) is 0 Å². The molecule has 0 aliphatic carbocycles.